The van der Waals surface area contributed by atoms with Crippen LogP contribution in [0.3, 0.4) is 0 Å². The van der Waals surface area contributed by atoms with Crippen LogP contribution in [0, 0.1) is 6.92 Å². The highest BCUT2D eigenvalue weighted by Crippen LogP contribution is 2.36. The molecule has 1 aliphatic rings. The minimum atomic E-state index is 0.730. The highest BCUT2D eigenvalue weighted by molar-refractivity contribution is 6.31. The van der Waals surface area contributed by atoms with Crippen molar-refractivity contribution in [2.24, 2.45) is 4.99 Å². The van der Waals surface area contributed by atoms with Crippen molar-refractivity contribution in [3.8, 4) is 0 Å². The fraction of sp³-hybridized carbons (Fsp3) is 0.375. The Labute approximate surface area is 129 Å². The summed E-state index contributed by atoms with van der Waals surface area (Å²) >= 11 is 6.12. The minimum absolute atomic E-state index is 0.730. The molecule has 1 N–H and O–H groups in total. The Kier molecular flexibility index (Phi) is 4.08. The smallest absolute Gasteiger partial charge is 0.155 e. The third-order valence-electron chi connectivity index (χ3n) is 3.83. The van der Waals surface area contributed by atoms with Crippen molar-refractivity contribution >= 4 is 40.2 Å². The Morgan fingerprint density at radius 2 is 2.10 bits per heavy atom. The number of nitrogens with zero attached hydrogens (tertiary/aromatic N) is 3. The van der Waals surface area contributed by atoms with E-state index in [2.05, 4.69) is 22.1 Å². The Morgan fingerprint density at radius 3 is 2.81 bits per heavy atom. The topological polar surface area (TPSA) is 40.5 Å². The molecule has 1 aliphatic heterocycles. The zero-order valence-electron chi connectivity index (χ0n) is 12.4. The van der Waals surface area contributed by atoms with E-state index in [-0.39, 0.29) is 0 Å². The summed E-state index contributed by atoms with van der Waals surface area (Å²) in [5, 5.41) is 5.17. The Balaban J connectivity index is 2.21. The summed E-state index contributed by atoms with van der Waals surface area (Å²) in [7, 11) is 0. The molecule has 5 heteroatoms. The van der Waals surface area contributed by atoms with E-state index in [1.165, 1.54) is 0 Å². The summed E-state index contributed by atoms with van der Waals surface area (Å²) in [4.78, 5) is 11.7. The number of aliphatic imine (C=N–C) groups is 1. The van der Waals surface area contributed by atoms with Crippen LogP contribution in [0.2, 0.25) is 5.02 Å². The fourth-order valence-corrected chi connectivity index (χ4v) is 2.92. The monoisotopic (exact) mass is 302 g/mol. The van der Waals surface area contributed by atoms with Gasteiger partial charge in [0.2, 0.25) is 0 Å². The van der Waals surface area contributed by atoms with Crippen LogP contribution in [0.1, 0.15) is 12.5 Å². The highest BCUT2D eigenvalue weighted by atomic mass is 35.5. The Bertz CT molecular complexity index is 690. The maximum absolute atomic E-state index is 6.12. The molecule has 0 bridgehead atoms. The molecule has 1 aromatic heterocycles. The van der Waals surface area contributed by atoms with E-state index >= 15 is 0 Å². The van der Waals surface area contributed by atoms with Crippen LogP contribution in [-0.2, 0) is 0 Å². The molecule has 3 rings (SSSR count). The van der Waals surface area contributed by atoms with E-state index < -0.39 is 0 Å². The van der Waals surface area contributed by atoms with Gasteiger partial charge in [-0.25, -0.2) is 4.98 Å². The molecule has 21 heavy (non-hydrogen) atoms. The molecule has 1 saturated heterocycles. The van der Waals surface area contributed by atoms with Crippen molar-refractivity contribution in [1.82, 2.24) is 10.3 Å². The number of pyridine rings is 1. The number of halogens is 1. The Morgan fingerprint density at radius 1 is 1.33 bits per heavy atom. The summed E-state index contributed by atoms with van der Waals surface area (Å²) in [6.07, 6.45) is 1.83. The summed E-state index contributed by atoms with van der Waals surface area (Å²) in [6.45, 7) is 7.90. The Hall–Kier alpha value is -1.65. The molecule has 2 heterocycles. The first-order chi connectivity index (χ1) is 10.2. The lowest BCUT2D eigenvalue weighted by molar-refractivity contribution is 0.586. The average molecular weight is 303 g/mol. The minimum Gasteiger partial charge on any atom is -0.352 e. The van der Waals surface area contributed by atoms with E-state index in [4.69, 9.17) is 16.6 Å². The van der Waals surface area contributed by atoms with Gasteiger partial charge in [0, 0.05) is 42.8 Å². The van der Waals surface area contributed by atoms with E-state index in [9.17, 15) is 0 Å². The van der Waals surface area contributed by atoms with Crippen LogP contribution in [-0.4, -0.2) is 37.4 Å². The number of hydrogen-bond donors (Lipinski definition) is 1. The molecule has 0 spiro atoms. The van der Waals surface area contributed by atoms with Crippen LogP contribution in [0.25, 0.3) is 10.9 Å². The number of aromatic nitrogens is 1. The van der Waals surface area contributed by atoms with Gasteiger partial charge in [0.25, 0.3) is 0 Å². The van der Waals surface area contributed by atoms with Gasteiger partial charge in [-0.05, 0) is 37.6 Å². The largest absolute Gasteiger partial charge is 0.352 e. The fourth-order valence-electron chi connectivity index (χ4n) is 2.75. The van der Waals surface area contributed by atoms with Crippen LogP contribution in [0.15, 0.2) is 23.2 Å². The van der Waals surface area contributed by atoms with E-state index in [0.29, 0.717) is 0 Å². The molecule has 0 aliphatic carbocycles. The number of benzene rings is 1. The molecule has 2 aromatic rings. The van der Waals surface area contributed by atoms with Gasteiger partial charge in [0.1, 0.15) is 5.69 Å². The lowest BCUT2D eigenvalue weighted by Crippen LogP contribution is -2.44. The summed E-state index contributed by atoms with van der Waals surface area (Å²) < 4.78 is 0. The first kappa shape index (κ1) is 14.3. The number of nitrogens with one attached hydrogen (secondary N) is 1. The maximum Gasteiger partial charge on any atom is 0.155 e. The average Bonchev–Trinajstić information content (AvgIpc) is 2.51. The third-order valence-corrected chi connectivity index (χ3v) is 4.07. The number of rotatable bonds is 2. The number of piperazine rings is 1. The lowest BCUT2D eigenvalue weighted by atomic mass is 10.1. The van der Waals surface area contributed by atoms with Gasteiger partial charge in [-0.2, -0.15) is 0 Å². The third kappa shape index (κ3) is 2.74. The number of anilines is 1. The standard InChI is InChI=1S/C16H19ClN4/c1-3-19-15-11(2)13-10-12(17)4-5-14(13)20-16(15)21-8-6-18-7-9-21/h3-5,10,18H,6-9H2,1-2H3. The molecule has 0 unspecified atom stereocenters. The molecule has 1 aromatic carbocycles. The molecule has 1 fully saturated rings. The quantitative estimate of drug-likeness (QED) is 0.865. The van der Waals surface area contributed by atoms with Gasteiger partial charge in [0.15, 0.2) is 5.82 Å². The predicted molar refractivity (Wildman–Crippen MR) is 90.4 cm³/mol. The van der Waals surface area contributed by atoms with Crippen molar-refractivity contribution in [3.63, 3.8) is 0 Å². The van der Waals surface area contributed by atoms with Crippen LogP contribution in [0.4, 0.5) is 11.5 Å². The second-order valence-electron chi connectivity index (χ2n) is 5.19. The summed E-state index contributed by atoms with van der Waals surface area (Å²) in [5.74, 6) is 0.974. The van der Waals surface area contributed by atoms with Gasteiger partial charge in [-0.1, -0.05) is 11.6 Å². The molecule has 0 radical (unpaired) electrons. The maximum atomic E-state index is 6.12. The lowest BCUT2D eigenvalue weighted by Gasteiger charge is -2.30. The predicted octanol–water partition coefficient (Wildman–Crippen LogP) is 3.33. The van der Waals surface area contributed by atoms with Gasteiger partial charge in [-0.3, -0.25) is 4.99 Å². The number of aryl methyl sites for hydroxylation is 1. The zero-order chi connectivity index (χ0) is 14.8. The number of hydrogen-bond acceptors (Lipinski definition) is 4. The van der Waals surface area contributed by atoms with Crippen LogP contribution < -0.4 is 10.2 Å². The van der Waals surface area contributed by atoms with Gasteiger partial charge >= 0.3 is 0 Å². The molecular formula is C16H19ClN4. The molecule has 0 amide bonds. The normalized spacial score (nSPS) is 16.0. The van der Waals surface area contributed by atoms with Crippen LogP contribution in [0.5, 0.6) is 0 Å². The first-order valence-electron chi connectivity index (χ1n) is 7.25. The molecule has 110 valence electrons. The van der Waals surface area contributed by atoms with Crippen molar-refractivity contribution < 1.29 is 0 Å². The second-order valence-corrected chi connectivity index (χ2v) is 5.63. The van der Waals surface area contributed by atoms with E-state index in [1.54, 1.807) is 0 Å². The molecule has 4 nitrogen and oxygen atoms in total. The SMILES string of the molecule is CC=Nc1c(N2CCNCC2)nc2ccc(Cl)cc2c1C. The zero-order valence-corrected chi connectivity index (χ0v) is 13.1. The summed E-state index contributed by atoms with van der Waals surface area (Å²) in [5.41, 5.74) is 3.06. The van der Waals surface area contributed by atoms with Crippen molar-refractivity contribution in [2.75, 3.05) is 31.1 Å². The van der Waals surface area contributed by atoms with Gasteiger partial charge in [-0.15, -0.1) is 0 Å². The van der Waals surface area contributed by atoms with Gasteiger partial charge in [0.05, 0.1) is 5.52 Å². The highest BCUT2D eigenvalue weighted by Gasteiger charge is 2.19. The van der Waals surface area contributed by atoms with Crippen LogP contribution >= 0.6 is 11.6 Å². The first-order valence-corrected chi connectivity index (χ1v) is 7.62. The summed E-state index contributed by atoms with van der Waals surface area (Å²) in [6, 6.07) is 5.84. The molecule has 0 atom stereocenters. The van der Waals surface area contributed by atoms with E-state index in [1.807, 2.05) is 31.3 Å². The van der Waals surface area contributed by atoms with Gasteiger partial charge < -0.3 is 10.2 Å². The van der Waals surface area contributed by atoms with Crippen molar-refractivity contribution in [3.05, 3.63) is 28.8 Å². The second kappa shape index (κ2) is 6.00. The number of fused-ring (bicyclic) bond motifs is 1. The van der Waals surface area contributed by atoms with Crippen molar-refractivity contribution in [1.29, 1.82) is 0 Å². The molecular weight excluding hydrogens is 284 g/mol. The van der Waals surface area contributed by atoms with E-state index in [0.717, 1.165) is 59.2 Å². The van der Waals surface area contributed by atoms with Crippen molar-refractivity contribution in [2.45, 2.75) is 13.8 Å². The molecule has 0 saturated carbocycles.